The third-order valence-corrected chi connectivity index (χ3v) is 5.61. The van der Waals surface area contributed by atoms with Crippen LogP contribution in [0, 0.1) is 5.92 Å². The lowest BCUT2D eigenvalue weighted by molar-refractivity contribution is 0.575. The Hall–Kier alpha value is -1.76. The van der Waals surface area contributed by atoms with Crippen LogP contribution in [0.4, 0.5) is 0 Å². The normalized spacial score (nSPS) is 13.5. The monoisotopic (exact) mass is 322 g/mol. The van der Waals surface area contributed by atoms with Crippen LogP contribution < -0.4 is 0 Å². The van der Waals surface area contributed by atoms with Gasteiger partial charge < -0.3 is 0 Å². The number of hydrogen-bond donors (Lipinski definition) is 0. The lowest BCUT2D eigenvalue weighted by Gasteiger charge is -2.12. The van der Waals surface area contributed by atoms with Crippen LogP contribution in [0.15, 0.2) is 24.3 Å². The minimum Gasteiger partial charge on any atom is -0.231 e. The molecule has 0 saturated carbocycles. The van der Waals surface area contributed by atoms with E-state index in [2.05, 4.69) is 29.4 Å². The molecule has 0 bridgehead atoms. The van der Waals surface area contributed by atoms with Gasteiger partial charge in [-0.2, -0.15) is 0 Å². The van der Waals surface area contributed by atoms with E-state index in [-0.39, 0.29) is 5.75 Å². The summed E-state index contributed by atoms with van der Waals surface area (Å²) in [5.74, 6) is 0.928. The molecule has 0 aliphatic heterocycles. The highest BCUT2D eigenvalue weighted by Crippen LogP contribution is 2.23. The SMILES string of the molecule is CC(C)Cc1ccc(CS(=O)(=O)[C@H](C)c2nnnn2C)cc1. The molecule has 22 heavy (non-hydrogen) atoms. The van der Waals surface area contributed by atoms with Crippen molar-refractivity contribution in [3.63, 3.8) is 0 Å². The molecule has 0 amide bonds. The standard InChI is InChI=1S/C15H22N4O2S/c1-11(2)9-13-5-7-14(8-6-13)10-22(20,21)12(3)15-16-17-18-19(15)4/h5-8,11-12H,9-10H2,1-4H3/t12-/m1/s1. The van der Waals surface area contributed by atoms with Crippen molar-refractivity contribution in [2.24, 2.45) is 13.0 Å². The van der Waals surface area contributed by atoms with Gasteiger partial charge in [0.05, 0.1) is 5.75 Å². The smallest absolute Gasteiger partial charge is 0.168 e. The average Bonchev–Trinajstić information content (AvgIpc) is 2.85. The van der Waals surface area contributed by atoms with Gasteiger partial charge in [-0.3, -0.25) is 0 Å². The summed E-state index contributed by atoms with van der Waals surface area (Å²) in [6.07, 6.45) is 0.994. The molecule has 120 valence electrons. The maximum absolute atomic E-state index is 12.5. The number of rotatable bonds is 6. The minimum atomic E-state index is -3.36. The molecule has 7 heteroatoms. The molecular weight excluding hydrogens is 300 g/mol. The van der Waals surface area contributed by atoms with E-state index in [0.29, 0.717) is 11.7 Å². The van der Waals surface area contributed by atoms with Gasteiger partial charge in [0.15, 0.2) is 15.7 Å². The van der Waals surface area contributed by atoms with Crippen molar-refractivity contribution in [1.82, 2.24) is 20.2 Å². The van der Waals surface area contributed by atoms with Crippen LogP contribution in [0.2, 0.25) is 0 Å². The van der Waals surface area contributed by atoms with Gasteiger partial charge in [-0.25, -0.2) is 13.1 Å². The molecule has 6 nitrogen and oxygen atoms in total. The fraction of sp³-hybridized carbons (Fsp3) is 0.533. The molecular formula is C15H22N4O2S. The fourth-order valence-corrected chi connectivity index (χ4v) is 3.77. The molecule has 0 aliphatic rings. The minimum absolute atomic E-state index is 0.0109. The first kappa shape index (κ1) is 16.6. The first-order valence-electron chi connectivity index (χ1n) is 7.31. The Bertz CT molecular complexity index is 720. The summed E-state index contributed by atoms with van der Waals surface area (Å²) in [7, 11) is -1.72. The molecule has 0 radical (unpaired) electrons. The summed E-state index contributed by atoms with van der Waals surface area (Å²) >= 11 is 0. The third kappa shape index (κ3) is 3.91. The van der Waals surface area contributed by atoms with Gasteiger partial charge in [-0.05, 0) is 40.8 Å². The van der Waals surface area contributed by atoms with Crippen molar-refractivity contribution in [3.05, 3.63) is 41.2 Å². The molecule has 1 heterocycles. The Morgan fingerprint density at radius 2 is 1.68 bits per heavy atom. The van der Waals surface area contributed by atoms with Crippen LogP contribution in [-0.2, 0) is 29.1 Å². The topological polar surface area (TPSA) is 77.7 Å². The molecule has 2 aromatic rings. The van der Waals surface area contributed by atoms with Gasteiger partial charge in [0.1, 0.15) is 5.25 Å². The van der Waals surface area contributed by atoms with E-state index in [9.17, 15) is 8.42 Å². The number of benzene rings is 1. The zero-order valence-electron chi connectivity index (χ0n) is 13.4. The first-order valence-corrected chi connectivity index (χ1v) is 9.03. The maximum Gasteiger partial charge on any atom is 0.168 e. The number of nitrogens with zero attached hydrogens (tertiary/aromatic N) is 4. The first-order chi connectivity index (χ1) is 10.3. The summed E-state index contributed by atoms with van der Waals surface area (Å²) in [5.41, 5.74) is 2.01. The summed E-state index contributed by atoms with van der Waals surface area (Å²) < 4.78 is 26.4. The van der Waals surface area contributed by atoms with Crippen LogP contribution in [-0.4, -0.2) is 28.6 Å². The number of aryl methyl sites for hydroxylation is 1. The summed E-state index contributed by atoms with van der Waals surface area (Å²) in [4.78, 5) is 0. The van der Waals surface area contributed by atoms with Gasteiger partial charge in [0.2, 0.25) is 0 Å². The van der Waals surface area contributed by atoms with Crippen LogP contribution >= 0.6 is 0 Å². The second-order valence-electron chi connectivity index (χ2n) is 6.02. The lowest BCUT2D eigenvalue weighted by atomic mass is 10.0. The zero-order valence-corrected chi connectivity index (χ0v) is 14.2. The van der Waals surface area contributed by atoms with Gasteiger partial charge >= 0.3 is 0 Å². The van der Waals surface area contributed by atoms with E-state index in [1.165, 1.54) is 10.2 Å². The van der Waals surface area contributed by atoms with Crippen LogP contribution in [0.3, 0.4) is 0 Å². The van der Waals surface area contributed by atoms with E-state index in [1.807, 2.05) is 24.3 Å². The van der Waals surface area contributed by atoms with Crippen LogP contribution in [0.5, 0.6) is 0 Å². The molecule has 0 aliphatic carbocycles. The summed E-state index contributed by atoms with van der Waals surface area (Å²) in [6, 6.07) is 7.77. The Kier molecular flexibility index (Phi) is 4.95. The molecule has 1 aromatic carbocycles. The Morgan fingerprint density at radius 1 is 1.09 bits per heavy atom. The predicted molar refractivity (Wildman–Crippen MR) is 84.8 cm³/mol. The predicted octanol–water partition coefficient (Wildman–Crippen LogP) is 2.08. The van der Waals surface area contributed by atoms with Crippen LogP contribution in [0.1, 0.15) is 43.0 Å². The largest absolute Gasteiger partial charge is 0.231 e. The van der Waals surface area contributed by atoms with Crippen molar-refractivity contribution >= 4 is 9.84 Å². The quantitative estimate of drug-likeness (QED) is 0.813. The molecule has 0 unspecified atom stereocenters. The highest BCUT2D eigenvalue weighted by Gasteiger charge is 2.27. The second-order valence-corrected chi connectivity index (χ2v) is 8.35. The van der Waals surface area contributed by atoms with Gasteiger partial charge in [-0.1, -0.05) is 38.1 Å². The van der Waals surface area contributed by atoms with E-state index in [0.717, 1.165) is 12.0 Å². The van der Waals surface area contributed by atoms with Crippen molar-refractivity contribution < 1.29 is 8.42 Å². The Morgan fingerprint density at radius 3 is 2.18 bits per heavy atom. The van der Waals surface area contributed by atoms with Crippen molar-refractivity contribution in [3.8, 4) is 0 Å². The number of hydrogen-bond acceptors (Lipinski definition) is 5. The van der Waals surface area contributed by atoms with Crippen molar-refractivity contribution in [2.75, 3.05) is 0 Å². The summed E-state index contributed by atoms with van der Waals surface area (Å²) in [5, 5.41) is 10.2. The Balaban J connectivity index is 2.13. The molecule has 0 fully saturated rings. The van der Waals surface area contributed by atoms with Gasteiger partial charge in [0.25, 0.3) is 0 Å². The molecule has 0 N–H and O–H groups in total. The highest BCUT2D eigenvalue weighted by atomic mass is 32.2. The van der Waals surface area contributed by atoms with E-state index < -0.39 is 15.1 Å². The van der Waals surface area contributed by atoms with Crippen molar-refractivity contribution in [2.45, 2.75) is 38.2 Å². The molecule has 1 atom stereocenters. The van der Waals surface area contributed by atoms with Crippen LogP contribution in [0.25, 0.3) is 0 Å². The number of sulfone groups is 1. The lowest BCUT2D eigenvalue weighted by Crippen LogP contribution is -2.16. The highest BCUT2D eigenvalue weighted by molar-refractivity contribution is 7.90. The zero-order chi connectivity index (χ0) is 16.3. The fourth-order valence-electron chi connectivity index (χ4n) is 2.34. The second kappa shape index (κ2) is 6.56. The van der Waals surface area contributed by atoms with Crippen molar-refractivity contribution in [1.29, 1.82) is 0 Å². The molecule has 0 spiro atoms. The van der Waals surface area contributed by atoms with Gasteiger partial charge in [0, 0.05) is 7.05 Å². The Labute approximate surface area is 131 Å². The van der Waals surface area contributed by atoms with Gasteiger partial charge in [-0.15, -0.1) is 5.10 Å². The molecule has 2 rings (SSSR count). The molecule has 1 aromatic heterocycles. The number of aromatic nitrogens is 4. The van der Waals surface area contributed by atoms with E-state index >= 15 is 0 Å². The van der Waals surface area contributed by atoms with E-state index in [1.54, 1.807) is 14.0 Å². The molecule has 0 saturated heterocycles. The average molecular weight is 322 g/mol. The summed E-state index contributed by atoms with van der Waals surface area (Å²) in [6.45, 7) is 5.94. The maximum atomic E-state index is 12.5. The number of tetrazole rings is 1. The third-order valence-electron chi connectivity index (χ3n) is 3.59. The van der Waals surface area contributed by atoms with E-state index in [4.69, 9.17) is 0 Å².